The Morgan fingerprint density at radius 3 is 2.42 bits per heavy atom. The Morgan fingerprint density at radius 2 is 1.81 bits per heavy atom. The zero-order valence-corrected chi connectivity index (χ0v) is 16.7. The number of hydrogen-bond donors (Lipinski definition) is 0. The molecule has 1 aromatic carbocycles. The second-order valence-corrected chi connectivity index (χ2v) is 9.87. The molecule has 1 rings (SSSR count). The Morgan fingerprint density at radius 1 is 1.12 bits per heavy atom. The van der Waals surface area contributed by atoms with Crippen LogP contribution in [0.25, 0.3) is 0 Å². The molecule has 0 spiro atoms. The number of benzene rings is 1. The molecule has 4 nitrogen and oxygen atoms in total. The summed E-state index contributed by atoms with van der Waals surface area (Å²) in [6, 6.07) is 6.68. The third-order valence-corrected chi connectivity index (χ3v) is 5.26. The summed E-state index contributed by atoms with van der Waals surface area (Å²) in [5.74, 6) is 0.445. The molecule has 0 amide bonds. The highest BCUT2D eigenvalue weighted by Crippen LogP contribution is 2.17. The molecule has 7 heteroatoms. The van der Waals surface area contributed by atoms with Crippen LogP contribution in [0.4, 0.5) is 8.78 Å². The minimum Gasteiger partial charge on any atom is -0.485 e. The van der Waals surface area contributed by atoms with E-state index in [0.29, 0.717) is 31.8 Å². The fourth-order valence-electron chi connectivity index (χ4n) is 2.21. The quantitative estimate of drug-likeness (QED) is 0.508. The van der Waals surface area contributed by atoms with Crippen LogP contribution in [0, 0.1) is 5.41 Å². The lowest BCUT2D eigenvalue weighted by molar-refractivity contribution is 0.0720. The van der Waals surface area contributed by atoms with E-state index in [2.05, 4.69) is 20.8 Å². The molecule has 0 aliphatic carbocycles. The van der Waals surface area contributed by atoms with E-state index in [1.807, 2.05) is 0 Å². The van der Waals surface area contributed by atoms with Crippen LogP contribution in [0.3, 0.4) is 0 Å². The van der Waals surface area contributed by atoms with Crippen molar-refractivity contribution in [3.63, 3.8) is 0 Å². The van der Waals surface area contributed by atoms with Crippen molar-refractivity contribution >= 4 is 9.84 Å². The van der Waals surface area contributed by atoms with Crippen molar-refractivity contribution in [1.82, 2.24) is 0 Å². The van der Waals surface area contributed by atoms with Crippen molar-refractivity contribution in [2.24, 2.45) is 5.41 Å². The van der Waals surface area contributed by atoms with Gasteiger partial charge in [-0.15, -0.1) is 0 Å². The van der Waals surface area contributed by atoms with Crippen LogP contribution >= 0.6 is 0 Å². The Balaban J connectivity index is 2.42. The highest BCUT2D eigenvalue weighted by Gasteiger charge is 2.14. The average Bonchev–Trinajstić information content (AvgIpc) is 2.57. The van der Waals surface area contributed by atoms with Gasteiger partial charge in [0.05, 0.1) is 18.1 Å². The summed E-state index contributed by atoms with van der Waals surface area (Å²) in [5.41, 5.74) is 0.821. The SMILES string of the molecule is CC(C)(C)COCCCS(=O)(=O)CCc1cccc(OC(CF)CF)c1. The molecule has 0 aliphatic heterocycles. The molecule has 0 radical (unpaired) electrons. The third kappa shape index (κ3) is 10.1. The Bertz CT molecular complexity index is 623. The third-order valence-electron chi connectivity index (χ3n) is 3.53. The van der Waals surface area contributed by atoms with E-state index in [4.69, 9.17) is 9.47 Å². The molecule has 0 fully saturated rings. The van der Waals surface area contributed by atoms with E-state index in [1.54, 1.807) is 24.3 Å². The zero-order chi connectivity index (χ0) is 19.6. The highest BCUT2D eigenvalue weighted by molar-refractivity contribution is 7.91. The molecule has 1 aromatic rings. The van der Waals surface area contributed by atoms with Crippen LogP contribution in [0.5, 0.6) is 5.75 Å². The van der Waals surface area contributed by atoms with Gasteiger partial charge in [-0.2, -0.15) is 0 Å². The van der Waals surface area contributed by atoms with Crippen molar-refractivity contribution in [2.45, 2.75) is 39.7 Å². The van der Waals surface area contributed by atoms with E-state index in [0.717, 1.165) is 5.56 Å². The van der Waals surface area contributed by atoms with Crippen molar-refractivity contribution in [1.29, 1.82) is 0 Å². The Kier molecular flexibility index (Phi) is 9.50. The number of halogens is 2. The number of sulfone groups is 1. The molecular formula is C19H30F2O4S. The van der Waals surface area contributed by atoms with Crippen LogP contribution in [0.1, 0.15) is 32.8 Å². The van der Waals surface area contributed by atoms with Gasteiger partial charge in [-0.3, -0.25) is 0 Å². The Hall–Kier alpha value is -1.21. The lowest BCUT2D eigenvalue weighted by atomic mass is 9.99. The molecule has 0 atom stereocenters. The first kappa shape index (κ1) is 22.8. The van der Waals surface area contributed by atoms with Gasteiger partial charge in [0.15, 0.2) is 15.9 Å². The molecular weight excluding hydrogens is 362 g/mol. The molecule has 0 bridgehead atoms. The summed E-state index contributed by atoms with van der Waals surface area (Å²) in [6.07, 6.45) is -0.323. The molecule has 26 heavy (non-hydrogen) atoms. The topological polar surface area (TPSA) is 52.6 Å². The maximum Gasteiger partial charge on any atom is 0.155 e. The van der Waals surface area contributed by atoms with E-state index in [9.17, 15) is 17.2 Å². The summed E-state index contributed by atoms with van der Waals surface area (Å²) >= 11 is 0. The van der Waals surface area contributed by atoms with Gasteiger partial charge in [-0.25, -0.2) is 17.2 Å². The second-order valence-electron chi connectivity index (χ2n) is 7.56. The van der Waals surface area contributed by atoms with Gasteiger partial charge in [0, 0.05) is 6.61 Å². The summed E-state index contributed by atoms with van der Waals surface area (Å²) < 4.78 is 60.0. The lowest BCUT2D eigenvalue weighted by Crippen LogP contribution is -2.21. The van der Waals surface area contributed by atoms with Crippen LogP contribution in [0.15, 0.2) is 24.3 Å². The first-order valence-electron chi connectivity index (χ1n) is 8.81. The van der Waals surface area contributed by atoms with Gasteiger partial charge in [-0.1, -0.05) is 32.9 Å². The molecule has 0 N–H and O–H groups in total. The van der Waals surface area contributed by atoms with E-state index in [-0.39, 0.29) is 16.9 Å². The molecule has 0 aliphatic rings. The maximum atomic E-state index is 12.5. The molecule has 0 heterocycles. The normalized spacial score (nSPS) is 12.5. The van der Waals surface area contributed by atoms with Crippen molar-refractivity contribution in [3.8, 4) is 5.75 Å². The van der Waals surface area contributed by atoms with Crippen LogP contribution in [0.2, 0.25) is 0 Å². The summed E-state index contributed by atoms with van der Waals surface area (Å²) in [5, 5.41) is 0. The van der Waals surface area contributed by atoms with Gasteiger partial charge >= 0.3 is 0 Å². The Labute approximate surface area is 155 Å². The second kappa shape index (κ2) is 10.8. The van der Waals surface area contributed by atoms with E-state index < -0.39 is 29.3 Å². The number of hydrogen-bond acceptors (Lipinski definition) is 4. The maximum absolute atomic E-state index is 12.5. The molecule has 0 unspecified atom stereocenters. The van der Waals surface area contributed by atoms with Crippen LogP contribution in [-0.4, -0.2) is 52.6 Å². The van der Waals surface area contributed by atoms with Crippen molar-refractivity contribution in [3.05, 3.63) is 29.8 Å². The minimum atomic E-state index is -3.18. The fraction of sp³-hybridized carbons (Fsp3) is 0.684. The number of rotatable bonds is 12. The lowest BCUT2D eigenvalue weighted by Gasteiger charge is -2.17. The molecule has 0 saturated carbocycles. The van der Waals surface area contributed by atoms with Crippen LogP contribution < -0.4 is 4.74 Å². The molecule has 150 valence electrons. The predicted molar refractivity (Wildman–Crippen MR) is 100 cm³/mol. The first-order valence-corrected chi connectivity index (χ1v) is 10.6. The smallest absolute Gasteiger partial charge is 0.155 e. The largest absolute Gasteiger partial charge is 0.485 e. The molecule has 0 aromatic heterocycles. The van der Waals surface area contributed by atoms with Gasteiger partial charge in [0.2, 0.25) is 0 Å². The number of alkyl halides is 2. The zero-order valence-electron chi connectivity index (χ0n) is 15.8. The predicted octanol–water partition coefficient (Wildman–Crippen LogP) is 3.78. The standard InChI is InChI=1S/C19H30F2O4S/c1-19(2,3)15-24-9-5-10-26(22,23)11-8-16-6-4-7-17(12-16)25-18(13-20)14-21/h4,6-7,12,18H,5,8-11,13-15H2,1-3H3. The fourth-order valence-corrected chi connectivity index (χ4v) is 3.51. The average molecular weight is 393 g/mol. The molecule has 0 saturated heterocycles. The minimum absolute atomic E-state index is 0.0192. The summed E-state index contributed by atoms with van der Waals surface area (Å²) in [6.45, 7) is 5.38. The van der Waals surface area contributed by atoms with Crippen molar-refractivity contribution in [2.75, 3.05) is 38.1 Å². The van der Waals surface area contributed by atoms with Gasteiger partial charge in [0.25, 0.3) is 0 Å². The first-order chi connectivity index (χ1) is 12.1. The van der Waals surface area contributed by atoms with Gasteiger partial charge in [-0.05, 0) is 36.0 Å². The van der Waals surface area contributed by atoms with Crippen LogP contribution in [-0.2, 0) is 21.0 Å². The van der Waals surface area contributed by atoms with Crippen molar-refractivity contribution < 1.29 is 26.7 Å². The summed E-state index contributed by atoms with van der Waals surface area (Å²) in [4.78, 5) is 0. The van der Waals surface area contributed by atoms with Gasteiger partial charge < -0.3 is 9.47 Å². The number of ether oxygens (including phenoxy) is 2. The monoisotopic (exact) mass is 392 g/mol. The van der Waals surface area contributed by atoms with Gasteiger partial charge in [0.1, 0.15) is 19.1 Å². The van der Waals surface area contributed by atoms with E-state index in [1.165, 1.54) is 0 Å². The summed E-state index contributed by atoms with van der Waals surface area (Å²) in [7, 11) is -3.18. The highest BCUT2D eigenvalue weighted by atomic mass is 32.2. The number of aryl methyl sites for hydroxylation is 1. The van der Waals surface area contributed by atoms with E-state index >= 15 is 0 Å².